The van der Waals surface area contributed by atoms with E-state index in [9.17, 15) is 9.59 Å². The Kier molecular flexibility index (Phi) is 4.53. The monoisotopic (exact) mass is 356 g/mol. The molecule has 7 nitrogen and oxygen atoms in total. The second kappa shape index (κ2) is 6.97. The first-order chi connectivity index (χ1) is 12.6. The molecule has 3 aromatic rings. The van der Waals surface area contributed by atoms with Gasteiger partial charge in [-0.05, 0) is 25.2 Å². The number of hydrogen-bond acceptors (Lipinski definition) is 4. The summed E-state index contributed by atoms with van der Waals surface area (Å²) in [5.41, 5.74) is 1.87. The number of hydrogen-bond donors (Lipinski definition) is 1. The van der Waals surface area contributed by atoms with Crippen LogP contribution in [-0.2, 0) is 11.3 Å². The molecule has 0 aromatic carbocycles. The highest BCUT2D eigenvalue weighted by Gasteiger charge is 2.22. The normalized spacial score (nSPS) is 20.7. The van der Waals surface area contributed by atoms with Gasteiger partial charge in [-0.3, -0.25) is 14.0 Å². The summed E-state index contributed by atoms with van der Waals surface area (Å²) in [5.74, 6) is 0.616. The summed E-state index contributed by atoms with van der Waals surface area (Å²) < 4.78 is 8.49. The highest BCUT2D eigenvalue weighted by atomic mass is 16.3. The fraction of sp³-hybridized carbons (Fsp3) is 0.526. The van der Waals surface area contributed by atoms with Crippen LogP contribution in [0.1, 0.15) is 45.4 Å². The largest absolute Gasteiger partial charge is 0.463 e. The fourth-order valence-electron chi connectivity index (χ4n) is 3.89. The average molecular weight is 356 g/mol. The molecule has 3 aromatic heterocycles. The standard InChI is InChI=1S/C19H24N4O3/c1-13-5-2-3-6-14(13)21-18(24)7-4-9-23-19(25)16-11-17-15(8-10-26-17)22(16)12-20-23/h8,10-14H,2-7,9H2,1H3,(H,21,24)/t13-,14+/m0/s1. The van der Waals surface area contributed by atoms with Gasteiger partial charge in [0, 0.05) is 31.1 Å². The molecule has 0 bridgehead atoms. The van der Waals surface area contributed by atoms with Gasteiger partial charge in [0.05, 0.1) is 11.8 Å². The number of nitrogens with one attached hydrogen (secondary N) is 1. The Morgan fingerprint density at radius 1 is 1.35 bits per heavy atom. The Morgan fingerprint density at radius 2 is 2.19 bits per heavy atom. The van der Waals surface area contributed by atoms with Crippen molar-refractivity contribution in [3.05, 3.63) is 35.1 Å². The molecule has 2 atom stereocenters. The van der Waals surface area contributed by atoms with Crippen LogP contribution >= 0.6 is 0 Å². The number of carbonyl (C=O) groups is 1. The highest BCUT2D eigenvalue weighted by Crippen LogP contribution is 2.23. The van der Waals surface area contributed by atoms with Crippen molar-refractivity contribution in [3.8, 4) is 0 Å². The molecule has 7 heteroatoms. The van der Waals surface area contributed by atoms with E-state index in [1.54, 1.807) is 23.1 Å². The van der Waals surface area contributed by atoms with Crippen molar-refractivity contribution >= 4 is 22.5 Å². The lowest BCUT2D eigenvalue weighted by Gasteiger charge is -2.29. The molecule has 0 radical (unpaired) electrons. The smallest absolute Gasteiger partial charge is 0.291 e. The van der Waals surface area contributed by atoms with Crippen LogP contribution in [0, 0.1) is 5.92 Å². The Balaban J connectivity index is 1.37. The lowest BCUT2D eigenvalue weighted by Crippen LogP contribution is -2.41. The maximum atomic E-state index is 12.6. The minimum atomic E-state index is -0.166. The average Bonchev–Trinajstić information content (AvgIpc) is 3.21. The zero-order valence-electron chi connectivity index (χ0n) is 15.0. The van der Waals surface area contributed by atoms with Gasteiger partial charge in [0.2, 0.25) is 5.91 Å². The van der Waals surface area contributed by atoms with E-state index in [1.165, 1.54) is 23.9 Å². The second-order valence-corrected chi connectivity index (χ2v) is 7.27. The third-order valence-corrected chi connectivity index (χ3v) is 5.45. The molecule has 0 unspecified atom stereocenters. The van der Waals surface area contributed by atoms with Crippen molar-refractivity contribution in [2.24, 2.45) is 5.92 Å². The summed E-state index contributed by atoms with van der Waals surface area (Å²) >= 11 is 0. The number of furan rings is 1. The topological polar surface area (TPSA) is 81.5 Å². The molecule has 138 valence electrons. The van der Waals surface area contributed by atoms with Gasteiger partial charge in [-0.2, -0.15) is 5.10 Å². The van der Waals surface area contributed by atoms with Gasteiger partial charge < -0.3 is 9.73 Å². The van der Waals surface area contributed by atoms with Gasteiger partial charge in [-0.25, -0.2) is 4.68 Å². The molecular weight excluding hydrogens is 332 g/mol. The van der Waals surface area contributed by atoms with Gasteiger partial charge in [-0.1, -0.05) is 19.8 Å². The first kappa shape index (κ1) is 16.9. The van der Waals surface area contributed by atoms with Crippen LogP contribution in [0.2, 0.25) is 0 Å². The van der Waals surface area contributed by atoms with Crippen molar-refractivity contribution in [2.45, 2.75) is 58.0 Å². The molecule has 0 aliphatic heterocycles. The molecule has 1 N–H and O–H groups in total. The lowest BCUT2D eigenvalue weighted by atomic mass is 9.86. The summed E-state index contributed by atoms with van der Waals surface area (Å²) in [6, 6.07) is 3.84. The van der Waals surface area contributed by atoms with Crippen LogP contribution in [0.4, 0.5) is 0 Å². The van der Waals surface area contributed by atoms with Crippen molar-refractivity contribution in [1.29, 1.82) is 0 Å². The van der Waals surface area contributed by atoms with E-state index in [0.717, 1.165) is 11.9 Å². The summed E-state index contributed by atoms with van der Waals surface area (Å²) in [5, 5.41) is 7.38. The number of fused-ring (bicyclic) bond motifs is 3. The maximum absolute atomic E-state index is 12.6. The number of carbonyl (C=O) groups excluding carboxylic acids is 1. The van der Waals surface area contributed by atoms with Crippen LogP contribution in [0.3, 0.4) is 0 Å². The van der Waals surface area contributed by atoms with Gasteiger partial charge in [0.15, 0.2) is 5.58 Å². The van der Waals surface area contributed by atoms with E-state index in [1.807, 2.05) is 6.07 Å². The van der Waals surface area contributed by atoms with Crippen LogP contribution < -0.4 is 10.9 Å². The van der Waals surface area contributed by atoms with Gasteiger partial charge in [-0.15, -0.1) is 0 Å². The van der Waals surface area contributed by atoms with Crippen molar-refractivity contribution < 1.29 is 9.21 Å². The third kappa shape index (κ3) is 3.13. The van der Waals surface area contributed by atoms with Crippen molar-refractivity contribution in [2.75, 3.05) is 0 Å². The highest BCUT2D eigenvalue weighted by molar-refractivity contribution is 5.81. The van der Waals surface area contributed by atoms with Crippen molar-refractivity contribution in [3.63, 3.8) is 0 Å². The predicted molar refractivity (Wildman–Crippen MR) is 98.0 cm³/mol. The Morgan fingerprint density at radius 3 is 3.04 bits per heavy atom. The molecule has 3 heterocycles. The summed E-state index contributed by atoms with van der Waals surface area (Å²) in [6.45, 7) is 2.63. The van der Waals surface area contributed by atoms with Crippen LogP contribution in [0.25, 0.3) is 16.6 Å². The van der Waals surface area contributed by atoms with E-state index in [-0.39, 0.29) is 11.5 Å². The molecule has 4 rings (SSSR count). The number of nitrogens with zero attached hydrogens (tertiary/aromatic N) is 3. The number of aromatic nitrogens is 3. The second-order valence-electron chi connectivity index (χ2n) is 7.27. The van der Waals surface area contributed by atoms with E-state index in [0.29, 0.717) is 42.4 Å². The number of rotatable bonds is 5. The molecule has 1 fully saturated rings. The van der Waals surface area contributed by atoms with Crippen LogP contribution in [0.15, 0.2) is 33.9 Å². The first-order valence-corrected chi connectivity index (χ1v) is 9.37. The van der Waals surface area contributed by atoms with E-state index < -0.39 is 0 Å². The molecule has 0 saturated heterocycles. The van der Waals surface area contributed by atoms with E-state index in [2.05, 4.69) is 17.3 Å². The Hall–Kier alpha value is -2.57. The lowest BCUT2D eigenvalue weighted by molar-refractivity contribution is -0.122. The minimum absolute atomic E-state index is 0.0677. The number of aryl methyl sites for hydroxylation is 1. The zero-order chi connectivity index (χ0) is 18.1. The van der Waals surface area contributed by atoms with Crippen LogP contribution in [0.5, 0.6) is 0 Å². The Labute approximate surface area is 151 Å². The quantitative estimate of drug-likeness (QED) is 0.762. The minimum Gasteiger partial charge on any atom is -0.463 e. The summed E-state index contributed by atoms with van der Waals surface area (Å²) in [6.07, 6.45) is 8.92. The molecule has 1 amide bonds. The fourth-order valence-corrected chi connectivity index (χ4v) is 3.89. The van der Waals surface area contributed by atoms with Gasteiger partial charge in [0.25, 0.3) is 5.56 Å². The van der Waals surface area contributed by atoms with Crippen LogP contribution in [-0.4, -0.2) is 26.1 Å². The molecular formula is C19H24N4O3. The maximum Gasteiger partial charge on any atom is 0.291 e. The van der Waals surface area contributed by atoms with E-state index in [4.69, 9.17) is 4.42 Å². The van der Waals surface area contributed by atoms with E-state index >= 15 is 0 Å². The molecule has 1 aliphatic rings. The SMILES string of the molecule is C[C@H]1CCCC[C@H]1NC(=O)CCCn1ncn2c(cc3occc32)c1=O. The van der Waals surface area contributed by atoms with Crippen molar-refractivity contribution in [1.82, 2.24) is 19.5 Å². The van der Waals surface area contributed by atoms with Gasteiger partial charge >= 0.3 is 0 Å². The predicted octanol–water partition coefficient (Wildman–Crippen LogP) is 2.72. The number of amides is 1. The summed E-state index contributed by atoms with van der Waals surface area (Å²) in [4.78, 5) is 24.8. The molecule has 1 aliphatic carbocycles. The zero-order valence-corrected chi connectivity index (χ0v) is 15.0. The Bertz CT molecular complexity index is 984. The molecule has 0 spiro atoms. The third-order valence-electron chi connectivity index (χ3n) is 5.45. The summed E-state index contributed by atoms with van der Waals surface area (Å²) in [7, 11) is 0. The first-order valence-electron chi connectivity index (χ1n) is 9.37. The molecule has 1 saturated carbocycles. The molecule has 26 heavy (non-hydrogen) atoms. The van der Waals surface area contributed by atoms with Gasteiger partial charge in [0.1, 0.15) is 11.8 Å².